The van der Waals surface area contributed by atoms with E-state index in [9.17, 15) is 40.5 Å². The van der Waals surface area contributed by atoms with Crippen molar-refractivity contribution in [3.63, 3.8) is 0 Å². The van der Waals surface area contributed by atoms with Crippen LogP contribution in [0.3, 0.4) is 0 Å². The molecule has 1 heterocycles. The second-order valence-electron chi connectivity index (χ2n) is 26.0. The zero-order valence-corrected chi connectivity index (χ0v) is 55.6. The van der Waals surface area contributed by atoms with Gasteiger partial charge in [0.1, 0.15) is 36.6 Å². The Morgan fingerprint density at radius 3 is 1.05 bits per heavy atom. The van der Waals surface area contributed by atoms with E-state index in [1.807, 2.05) is 0 Å². The SMILES string of the molecule is CCCCCCCCCCCCCCCCCCC/C=C/CC/C=C/CC/C=C/CCCC(O)C(O)C(COC1OC(CO)C(O)C(O)C1O)NC(=O)C(O)CCCCCCCCCCCCCCCCCCCCCCCCCCCCCC. The van der Waals surface area contributed by atoms with Crippen LogP contribution in [0.4, 0.5) is 0 Å². The highest BCUT2D eigenvalue weighted by molar-refractivity contribution is 5.80. The summed E-state index contributed by atoms with van der Waals surface area (Å²) in [5.74, 6) is -0.706. The first-order valence-corrected chi connectivity index (χ1v) is 36.9. The Morgan fingerprint density at radius 1 is 0.400 bits per heavy atom. The molecule has 1 aliphatic rings. The number of unbranched alkanes of at least 4 members (excludes halogenated alkanes) is 47. The molecular formula is C74H141NO10. The van der Waals surface area contributed by atoms with E-state index in [4.69, 9.17) is 9.47 Å². The highest BCUT2D eigenvalue weighted by Gasteiger charge is 2.44. The maximum absolute atomic E-state index is 13.3. The number of hydrogen-bond donors (Lipinski definition) is 8. The minimum atomic E-state index is -1.67. The van der Waals surface area contributed by atoms with Gasteiger partial charge < -0.3 is 50.5 Å². The van der Waals surface area contributed by atoms with Crippen LogP contribution in [0, 0.1) is 0 Å². The monoisotopic (exact) mass is 1200 g/mol. The van der Waals surface area contributed by atoms with Gasteiger partial charge in [-0.3, -0.25) is 4.79 Å². The first kappa shape index (κ1) is 81.3. The van der Waals surface area contributed by atoms with E-state index in [-0.39, 0.29) is 12.8 Å². The molecule has 0 aromatic rings. The van der Waals surface area contributed by atoms with Crippen LogP contribution in [0.5, 0.6) is 0 Å². The number of rotatable bonds is 65. The quantitative estimate of drug-likeness (QED) is 0.0215. The Kier molecular flexibility index (Phi) is 59.8. The lowest BCUT2D eigenvalue weighted by molar-refractivity contribution is -0.303. The van der Waals surface area contributed by atoms with E-state index in [1.54, 1.807) is 0 Å². The van der Waals surface area contributed by atoms with Crippen LogP contribution in [-0.4, -0.2) is 110 Å². The minimum Gasteiger partial charge on any atom is -0.394 e. The smallest absolute Gasteiger partial charge is 0.249 e. The third kappa shape index (κ3) is 49.8. The normalized spacial score (nSPS) is 19.0. The number of allylic oxidation sites excluding steroid dienone is 6. The summed E-state index contributed by atoms with van der Waals surface area (Å²) in [6.07, 6.45) is 69.6. The fourth-order valence-corrected chi connectivity index (χ4v) is 12.0. The van der Waals surface area contributed by atoms with Gasteiger partial charge in [-0.25, -0.2) is 0 Å². The van der Waals surface area contributed by atoms with Crippen LogP contribution < -0.4 is 5.32 Å². The van der Waals surface area contributed by atoms with Crippen molar-refractivity contribution in [2.75, 3.05) is 13.2 Å². The number of carbonyl (C=O) groups excluding carboxylic acids is 1. The zero-order valence-electron chi connectivity index (χ0n) is 55.6. The second kappa shape index (κ2) is 62.5. The summed E-state index contributed by atoms with van der Waals surface area (Å²) in [6.45, 7) is 3.50. The van der Waals surface area contributed by atoms with Gasteiger partial charge in [0.25, 0.3) is 0 Å². The number of nitrogens with one attached hydrogen (secondary N) is 1. The molecule has 9 unspecified atom stereocenters. The number of carbonyl (C=O) groups is 1. The summed E-state index contributed by atoms with van der Waals surface area (Å²) in [6, 6.07) is -1.19. The fraction of sp³-hybridized carbons (Fsp3) is 0.905. The van der Waals surface area contributed by atoms with Gasteiger partial charge in [0.05, 0.1) is 25.4 Å². The van der Waals surface area contributed by atoms with Crippen LogP contribution in [0.1, 0.15) is 361 Å². The lowest BCUT2D eigenvalue weighted by Gasteiger charge is -2.40. The zero-order chi connectivity index (χ0) is 61.7. The lowest BCUT2D eigenvalue weighted by Crippen LogP contribution is -2.60. The van der Waals surface area contributed by atoms with Crippen molar-refractivity contribution in [1.29, 1.82) is 0 Å². The number of aliphatic hydroxyl groups is 7. The van der Waals surface area contributed by atoms with E-state index in [0.29, 0.717) is 19.3 Å². The molecule has 8 N–H and O–H groups in total. The van der Waals surface area contributed by atoms with Crippen LogP contribution in [0.2, 0.25) is 0 Å². The van der Waals surface area contributed by atoms with E-state index in [2.05, 4.69) is 55.6 Å². The van der Waals surface area contributed by atoms with Crippen molar-refractivity contribution in [3.05, 3.63) is 36.5 Å². The first-order chi connectivity index (χ1) is 41.7. The van der Waals surface area contributed by atoms with Gasteiger partial charge in [-0.2, -0.15) is 0 Å². The molecule has 9 atom stereocenters. The average Bonchev–Trinajstić information content (AvgIpc) is 3.61. The molecule has 85 heavy (non-hydrogen) atoms. The number of amides is 1. The summed E-state index contributed by atoms with van der Waals surface area (Å²) < 4.78 is 11.2. The summed E-state index contributed by atoms with van der Waals surface area (Å²) in [5.41, 5.74) is 0. The van der Waals surface area contributed by atoms with Crippen molar-refractivity contribution in [3.8, 4) is 0 Å². The predicted molar refractivity (Wildman–Crippen MR) is 358 cm³/mol. The molecule has 1 fully saturated rings. The Hall–Kier alpha value is -1.67. The molecule has 0 spiro atoms. The Labute approximate surface area is 524 Å². The molecule has 0 saturated carbocycles. The maximum Gasteiger partial charge on any atom is 0.249 e. The van der Waals surface area contributed by atoms with Crippen LogP contribution in [0.25, 0.3) is 0 Å². The van der Waals surface area contributed by atoms with Crippen molar-refractivity contribution < 1.29 is 50.0 Å². The summed E-state index contributed by atoms with van der Waals surface area (Å²) in [7, 11) is 0. The first-order valence-electron chi connectivity index (χ1n) is 36.9. The average molecular weight is 1200 g/mol. The molecule has 0 radical (unpaired) electrons. The fourth-order valence-electron chi connectivity index (χ4n) is 12.0. The van der Waals surface area contributed by atoms with E-state index >= 15 is 0 Å². The molecule has 502 valence electrons. The van der Waals surface area contributed by atoms with Crippen molar-refractivity contribution in [2.24, 2.45) is 0 Å². The van der Waals surface area contributed by atoms with E-state index < -0.39 is 74.2 Å². The molecule has 0 aromatic heterocycles. The van der Waals surface area contributed by atoms with Crippen LogP contribution in [0.15, 0.2) is 36.5 Å². The standard InChI is InChI=1S/C74H141NO10/c1-3-5-7-9-11-13-15-17-19-21-23-25-27-29-31-33-34-36-37-39-41-43-45-47-49-51-53-55-57-59-61-66(77)69(79)65(64-84-74-72(82)71(81)70(80)68(63-76)85-74)75-73(83)67(78)62-60-58-56-54-52-50-48-46-44-42-40-38-35-32-30-28-26-24-22-20-18-16-14-12-10-8-6-4-2/h37,39,45,47,53,55,65-72,74,76-82H,3-36,38,40-44,46,48-52,54,56-64H2,1-2H3,(H,75,83)/b39-37+,47-45+,55-53+. The van der Waals surface area contributed by atoms with Crippen molar-refractivity contribution in [1.82, 2.24) is 5.32 Å². The van der Waals surface area contributed by atoms with Gasteiger partial charge in [0.15, 0.2) is 6.29 Å². The molecule has 0 aromatic carbocycles. The third-order valence-electron chi connectivity index (χ3n) is 17.9. The third-order valence-corrected chi connectivity index (χ3v) is 17.9. The van der Waals surface area contributed by atoms with E-state index in [0.717, 1.165) is 44.9 Å². The van der Waals surface area contributed by atoms with E-state index in [1.165, 1.54) is 270 Å². The largest absolute Gasteiger partial charge is 0.394 e. The molecular weight excluding hydrogens is 1060 g/mol. The molecule has 0 aliphatic carbocycles. The van der Waals surface area contributed by atoms with Gasteiger partial charge in [-0.15, -0.1) is 0 Å². The van der Waals surface area contributed by atoms with Gasteiger partial charge in [-0.1, -0.05) is 333 Å². The predicted octanol–water partition coefficient (Wildman–Crippen LogP) is 18.1. The van der Waals surface area contributed by atoms with Gasteiger partial charge in [0.2, 0.25) is 5.91 Å². The Balaban J connectivity index is 2.21. The lowest BCUT2D eigenvalue weighted by atomic mass is 9.98. The summed E-state index contributed by atoms with van der Waals surface area (Å²) in [5, 5.41) is 76.5. The number of aliphatic hydroxyl groups excluding tert-OH is 7. The molecule has 0 bridgehead atoms. The van der Waals surface area contributed by atoms with Crippen LogP contribution >= 0.6 is 0 Å². The Morgan fingerprint density at radius 2 is 0.706 bits per heavy atom. The number of ether oxygens (including phenoxy) is 2. The Bertz CT molecular complexity index is 1480. The van der Waals surface area contributed by atoms with Gasteiger partial charge >= 0.3 is 0 Å². The van der Waals surface area contributed by atoms with Crippen molar-refractivity contribution >= 4 is 5.91 Å². The second-order valence-corrected chi connectivity index (χ2v) is 26.0. The molecule has 1 rings (SSSR count). The minimum absolute atomic E-state index is 0.243. The number of hydrogen-bond acceptors (Lipinski definition) is 10. The van der Waals surface area contributed by atoms with Gasteiger partial charge in [0, 0.05) is 0 Å². The highest BCUT2D eigenvalue weighted by atomic mass is 16.7. The molecule has 1 saturated heterocycles. The molecule has 11 heteroatoms. The molecule has 1 amide bonds. The van der Waals surface area contributed by atoms with Crippen LogP contribution in [-0.2, 0) is 14.3 Å². The summed E-state index contributed by atoms with van der Waals surface area (Å²) in [4.78, 5) is 13.3. The summed E-state index contributed by atoms with van der Waals surface area (Å²) >= 11 is 0. The van der Waals surface area contributed by atoms with Gasteiger partial charge in [-0.05, 0) is 64.2 Å². The van der Waals surface area contributed by atoms with Crippen molar-refractivity contribution in [2.45, 2.75) is 416 Å². The highest BCUT2D eigenvalue weighted by Crippen LogP contribution is 2.24. The molecule has 11 nitrogen and oxygen atoms in total. The maximum atomic E-state index is 13.3. The molecule has 1 aliphatic heterocycles. The topological polar surface area (TPSA) is 189 Å².